The molecular formula is C20H21N7O3. The van der Waals surface area contributed by atoms with E-state index in [0.29, 0.717) is 29.2 Å². The summed E-state index contributed by atoms with van der Waals surface area (Å²) >= 11 is 0. The van der Waals surface area contributed by atoms with E-state index < -0.39 is 0 Å². The molecule has 0 atom stereocenters. The van der Waals surface area contributed by atoms with E-state index in [1.807, 2.05) is 0 Å². The van der Waals surface area contributed by atoms with Crippen molar-refractivity contribution in [3.63, 3.8) is 0 Å². The zero-order valence-electron chi connectivity index (χ0n) is 16.6. The van der Waals surface area contributed by atoms with Crippen LogP contribution in [0.5, 0.6) is 0 Å². The number of rotatable bonds is 7. The number of nitrogens with zero attached hydrogens (tertiary/aromatic N) is 5. The number of anilines is 2. The van der Waals surface area contributed by atoms with Crippen molar-refractivity contribution in [3.8, 4) is 5.69 Å². The van der Waals surface area contributed by atoms with Crippen molar-refractivity contribution >= 4 is 29.1 Å². The third-order valence-electron chi connectivity index (χ3n) is 4.20. The molecule has 0 bridgehead atoms. The smallest absolute Gasteiger partial charge is 0.254 e. The number of likely N-dealkylation sites (N-methyl/N-ethyl adjacent to an activating group) is 1. The number of benzene rings is 2. The predicted octanol–water partition coefficient (Wildman–Crippen LogP) is 1.72. The third-order valence-corrected chi connectivity index (χ3v) is 4.20. The fraction of sp³-hybridized carbons (Fsp3) is 0.200. The van der Waals surface area contributed by atoms with E-state index in [4.69, 9.17) is 0 Å². The summed E-state index contributed by atoms with van der Waals surface area (Å²) in [7, 11) is 0. The van der Waals surface area contributed by atoms with Crippen LogP contribution in [0.3, 0.4) is 0 Å². The maximum atomic E-state index is 12.9. The van der Waals surface area contributed by atoms with Crippen LogP contribution in [-0.2, 0) is 9.59 Å². The molecule has 0 aliphatic heterocycles. The Kier molecular flexibility index (Phi) is 6.48. The van der Waals surface area contributed by atoms with Gasteiger partial charge in [0.15, 0.2) is 0 Å². The first-order valence-electron chi connectivity index (χ1n) is 9.26. The number of hydrogen-bond acceptors (Lipinski definition) is 6. The summed E-state index contributed by atoms with van der Waals surface area (Å²) in [6, 6.07) is 13.6. The average molecular weight is 407 g/mol. The van der Waals surface area contributed by atoms with Crippen LogP contribution in [0.15, 0.2) is 54.9 Å². The molecule has 1 heterocycles. The van der Waals surface area contributed by atoms with Crippen molar-refractivity contribution in [2.75, 3.05) is 23.7 Å². The van der Waals surface area contributed by atoms with Crippen LogP contribution in [0, 0.1) is 0 Å². The first kappa shape index (κ1) is 20.6. The van der Waals surface area contributed by atoms with Crippen molar-refractivity contribution in [2.24, 2.45) is 0 Å². The van der Waals surface area contributed by atoms with Gasteiger partial charge in [0, 0.05) is 30.4 Å². The van der Waals surface area contributed by atoms with Crippen molar-refractivity contribution in [3.05, 3.63) is 60.4 Å². The molecule has 0 saturated carbocycles. The largest absolute Gasteiger partial charge is 0.330 e. The fourth-order valence-electron chi connectivity index (χ4n) is 2.78. The minimum absolute atomic E-state index is 0.0993. The first-order valence-corrected chi connectivity index (χ1v) is 9.26. The zero-order chi connectivity index (χ0) is 21.5. The zero-order valence-corrected chi connectivity index (χ0v) is 16.6. The molecule has 1 aromatic heterocycles. The van der Waals surface area contributed by atoms with E-state index in [0.717, 1.165) is 0 Å². The van der Waals surface area contributed by atoms with Crippen LogP contribution < -0.4 is 10.6 Å². The van der Waals surface area contributed by atoms with Crippen LogP contribution in [0.1, 0.15) is 24.2 Å². The second-order valence-electron chi connectivity index (χ2n) is 6.43. The molecule has 3 aromatic rings. The molecule has 0 spiro atoms. The van der Waals surface area contributed by atoms with E-state index in [9.17, 15) is 14.4 Å². The monoisotopic (exact) mass is 407 g/mol. The van der Waals surface area contributed by atoms with E-state index in [2.05, 4.69) is 26.2 Å². The SMILES string of the molecule is CCN(CC(=O)Nc1ccc(NC(C)=O)cc1)C(=O)c1cccc(-n2cnnn2)c1. The molecule has 0 saturated heterocycles. The molecule has 0 radical (unpaired) electrons. The topological polar surface area (TPSA) is 122 Å². The van der Waals surface area contributed by atoms with Gasteiger partial charge in [-0.25, -0.2) is 4.68 Å². The molecular weight excluding hydrogens is 386 g/mol. The van der Waals surface area contributed by atoms with Crippen LogP contribution in [0.25, 0.3) is 5.69 Å². The van der Waals surface area contributed by atoms with Crippen molar-refractivity contribution in [1.29, 1.82) is 0 Å². The lowest BCUT2D eigenvalue weighted by atomic mass is 10.1. The summed E-state index contributed by atoms with van der Waals surface area (Å²) in [4.78, 5) is 37.8. The minimum Gasteiger partial charge on any atom is -0.330 e. The molecule has 0 unspecified atom stereocenters. The lowest BCUT2D eigenvalue weighted by molar-refractivity contribution is -0.117. The number of hydrogen-bond donors (Lipinski definition) is 2. The lowest BCUT2D eigenvalue weighted by Gasteiger charge is -2.20. The Morgan fingerprint density at radius 1 is 1.03 bits per heavy atom. The Morgan fingerprint density at radius 3 is 2.33 bits per heavy atom. The Balaban J connectivity index is 1.64. The van der Waals surface area contributed by atoms with Crippen LogP contribution in [0.2, 0.25) is 0 Å². The van der Waals surface area contributed by atoms with Gasteiger partial charge < -0.3 is 15.5 Å². The number of carbonyl (C=O) groups is 3. The summed E-state index contributed by atoms with van der Waals surface area (Å²) in [5.41, 5.74) is 2.27. The molecule has 2 aromatic carbocycles. The van der Waals surface area contributed by atoms with E-state index in [1.54, 1.807) is 55.5 Å². The second-order valence-corrected chi connectivity index (χ2v) is 6.43. The van der Waals surface area contributed by atoms with Gasteiger partial charge in [-0.2, -0.15) is 0 Å². The Labute approximate surface area is 172 Å². The van der Waals surface area contributed by atoms with Crippen LogP contribution in [-0.4, -0.2) is 55.9 Å². The molecule has 2 N–H and O–H groups in total. The molecule has 3 amide bonds. The minimum atomic E-state index is -0.325. The van der Waals surface area contributed by atoms with Crippen LogP contribution in [0.4, 0.5) is 11.4 Å². The average Bonchev–Trinajstić information content (AvgIpc) is 3.28. The number of carbonyl (C=O) groups excluding carboxylic acids is 3. The van der Waals surface area contributed by atoms with Gasteiger partial charge in [0.25, 0.3) is 5.91 Å². The fourth-order valence-corrected chi connectivity index (χ4v) is 2.78. The highest BCUT2D eigenvalue weighted by molar-refractivity contribution is 5.99. The number of amides is 3. The van der Waals surface area contributed by atoms with Crippen molar-refractivity contribution in [1.82, 2.24) is 25.1 Å². The Hall–Kier alpha value is -4.08. The van der Waals surface area contributed by atoms with Gasteiger partial charge in [0.1, 0.15) is 12.9 Å². The molecule has 0 aliphatic carbocycles. The molecule has 0 fully saturated rings. The van der Waals surface area contributed by atoms with Crippen LogP contribution >= 0.6 is 0 Å². The van der Waals surface area contributed by atoms with Gasteiger partial charge in [-0.3, -0.25) is 14.4 Å². The standard InChI is InChI=1S/C20H21N7O3/c1-3-26(12-19(29)23-17-9-7-16(8-10-17)22-14(2)28)20(30)15-5-4-6-18(11-15)27-13-21-24-25-27/h4-11,13H,3,12H2,1-2H3,(H,22,28)(H,23,29). The first-order chi connectivity index (χ1) is 14.5. The molecule has 10 nitrogen and oxygen atoms in total. The van der Waals surface area contributed by atoms with Gasteiger partial charge in [-0.05, 0) is 59.8 Å². The van der Waals surface area contributed by atoms with Gasteiger partial charge in [-0.1, -0.05) is 6.07 Å². The number of nitrogens with one attached hydrogen (secondary N) is 2. The van der Waals surface area contributed by atoms with Crippen molar-refractivity contribution in [2.45, 2.75) is 13.8 Å². The Bertz CT molecular complexity index is 1030. The highest BCUT2D eigenvalue weighted by Crippen LogP contribution is 2.14. The van der Waals surface area contributed by atoms with Crippen molar-refractivity contribution < 1.29 is 14.4 Å². The Morgan fingerprint density at radius 2 is 1.73 bits per heavy atom. The van der Waals surface area contributed by atoms with E-state index in [1.165, 1.54) is 22.8 Å². The number of aromatic nitrogens is 4. The van der Waals surface area contributed by atoms with Gasteiger partial charge in [0.2, 0.25) is 11.8 Å². The number of tetrazole rings is 1. The molecule has 3 rings (SSSR count). The van der Waals surface area contributed by atoms with Gasteiger partial charge >= 0.3 is 0 Å². The summed E-state index contributed by atoms with van der Waals surface area (Å²) < 4.78 is 1.45. The molecule has 0 aliphatic rings. The third kappa shape index (κ3) is 5.25. The molecule has 10 heteroatoms. The van der Waals surface area contributed by atoms with E-state index >= 15 is 0 Å². The van der Waals surface area contributed by atoms with E-state index in [-0.39, 0.29) is 24.3 Å². The molecule has 154 valence electrons. The lowest BCUT2D eigenvalue weighted by Crippen LogP contribution is -2.37. The summed E-state index contributed by atoms with van der Waals surface area (Å²) in [5.74, 6) is -0.772. The second kappa shape index (κ2) is 9.41. The van der Waals surface area contributed by atoms with Gasteiger partial charge in [-0.15, -0.1) is 5.10 Å². The summed E-state index contributed by atoms with van der Waals surface area (Å²) in [6.07, 6.45) is 1.44. The molecule has 30 heavy (non-hydrogen) atoms. The predicted molar refractivity (Wildman–Crippen MR) is 110 cm³/mol. The summed E-state index contributed by atoms with van der Waals surface area (Å²) in [5, 5.41) is 16.4. The quantitative estimate of drug-likeness (QED) is 0.615. The van der Waals surface area contributed by atoms with Gasteiger partial charge in [0.05, 0.1) is 5.69 Å². The normalized spacial score (nSPS) is 10.3. The highest BCUT2D eigenvalue weighted by Gasteiger charge is 2.18. The summed E-state index contributed by atoms with van der Waals surface area (Å²) in [6.45, 7) is 3.49. The highest BCUT2D eigenvalue weighted by atomic mass is 16.2. The maximum Gasteiger partial charge on any atom is 0.254 e. The maximum absolute atomic E-state index is 12.9.